The van der Waals surface area contributed by atoms with E-state index in [-0.39, 0.29) is 0 Å². The van der Waals surface area contributed by atoms with Crippen molar-refractivity contribution in [2.24, 2.45) is 0 Å². The zero-order valence-corrected chi connectivity index (χ0v) is 31.1. The molecule has 8 aromatic carbocycles. The minimum Gasteiger partial charge on any atom is -0.208 e. The Balaban J connectivity index is 1.01. The van der Waals surface area contributed by atoms with Crippen LogP contribution in [0, 0.1) is 0 Å². The summed E-state index contributed by atoms with van der Waals surface area (Å²) in [6.45, 7) is 0. The average Bonchev–Trinajstić information content (AvgIpc) is 3.80. The Bertz CT molecular complexity index is 2960. The normalized spacial score (nSPS) is 12.8. The van der Waals surface area contributed by atoms with Crippen molar-refractivity contribution in [2.75, 3.05) is 0 Å². The second kappa shape index (κ2) is 13.1. The number of hydrogen-bond acceptors (Lipinski definition) is 4. The second-order valence-electron chi connectivity index (χ2n) is 14.3. The van der Waals surface area contributed by atoms with E-state index < -0.39 is 5.41 Å². The van der Waals surface area contributed by atoms with Crippen molar-refractivity contribution in [3.63, 3.8) is 0 Å². The van der Waals surface area contributed by atoms with E-state index in [0.29, 0.717) is 17.5 Å². The Kier molecular flexibility index (Phi) is 7.58. The fourth-order valence-corrected chi connectivity index (χ4v) is 9.79. The van der Waals surface area contributed by atoms with E-state index in [0.717, 1.165) is 27.8 Å². The molecule has 0 N–H and O–H groups in total. The summed E-state index contributed by atoms with van der Waals surface area (Å²) in [4.78, 5) is 14.7. The summed E-state index contributed by atoms with van der Waals surface area (Å²) in [5, 5.41) is 2.63. The molecule has 56 heavy (non-hydrogen) atoms. The summed E-state index contributed by atoms with van der Waals surface area (Å²) in [5.74, 6) is 1.96. The lowest BCUT2D eigenvalue weighted by Gasteiger charge is -2.34. The van der Waals surface area contributed by atoms with E-state index in [1.54, 1.807) is 0 Å². The van der Waals surface area contributed by atoms with Gasteiger partial charge in [-0.1, -0.05) is 188 Å². The van der Waals surface area contributed by atoms with Gasteiger partial charge in [-0.05, 0) is 56.6 Å². The number of fused-ring (bicyclic) bond motifs is 6. The van der Waals surface area contributed by atoms with Crippen LogP contribution in [0.4, 0.5) is 0 Å². The quantitative estimate of drug-likeness (QED) is 0.171. The van der Waals surface area contributed by atoms with Crippen LogP contribution in [0.15, 0.2) is 200 Å². The Labute approximate surface area is 329 Å². The molecule has 0 saturated carbocycles. The summed E-state index contributed by atoms with van der Waals surface area (Å²) < 4.78 is 2.63. The van der Waals surface area contributed by atoms with Crippen LogP contribution in [-0.4, -0.2) is 15.0 Å². The van der Waals surface area contributed by atoms with Crippen LogP contribution < -0.4 is 0 Å². The third kappa shape index (κ3) is 5.14. The van der Waals surface area contributed by atoms with Crippen LogP contribution in [0.1, 0.15) is 22.3 Å². The Morgan fingerprint density at radius 3 is 1.34 bits per heavy atom. The zero-order valence-electron chi connectivity index (χ0n) is 30.3. The molecule has 0 radical (unpaired) electrons. The van der Waals surface area contributed by atoms with Crippen molar-refractivity contribution < 1.29 is 0 Å². The molecule has 2 heterocycles. The molecule has 0 unspecified atom stereocenters. The van der Waals surface area contributed by atoms with Gasteiger partial charge >= 0.3 is 0 Å². The molecule has 0 atom stereocenters. The molecule has 1 aliphatic rings. The van der Waals surface area contributed by atoms with E-state index >= 15 is 0 Å². The summed E-state index contributed by atoms with van der Waals surface area (Å²) in [5.41, 5.74) is 12.4. The highest BCUT2D eigenvalue weighted by molar-refractivity contribution is 7.25. The molecule has 10 aromatic rings. The molecular weight excluding hydrogens is 699 g/mol. The Morgan fingerprint density at radius 2 is 0.750 bits per heavy atom. The van der Waals surface area contributed by atoms with E-state index in [4.69, 9.17) is 15.0 Å². The first-order valence-corrected chi connectivity index (χ1v) is 19.8. The number of rotatable bonds is 6. The molecule has 3 nitrogen and oxygen atoms in total. The summed E-state index contributed by atoms with van der Waals surface area (Å²) in [7, 11) is 0. The maximum absolute atomic E-state index is 4.94. The van der Waals surface area contributed by atoms with Gasteiger partial charge in [0.1, 0.15) is 0 Å². The van der Waals surface area contributed by atoms with E-state index in [2.05, 4.69) is 140 Å². The largest absolute Gasteiger partial charge is 0.208 e. The van der Waals surface area contributed by atoms with Crippen molar-refractivity contribution in [1.29, 1.82) is 0 Å². The first-order valence-electron chi connectivity index (χ1n) is 18.9. The lowest BCUT2D eigenvalue weighted by molar-refractivity contribution is 0.770. The van der Waals surface area contributed by atoms with Crippen LogP contribution in [0.2, 0.25) is 0 Å². The maximum atomic E-state index is 4.94. The van der Waals surface area contributed by atoms with E-state index in [9.17, 15) is 0 Å². The van der Waals surface area contributed by atoms with Crippen LogP contribution in [-0.2, 0) is 5.41 Å². The first kappa shape index (κ1) is 32.4. The molecule has 11 rings (SSSR count). The number of aromatic nitrogens is 3. The molecule has 0 fully saturated rings. The molecule has 2 aromatic heterocycles. The van der Waals surface area contributed by atoms with Crippen LogP contribution >= 0.6 is 11.3 Å². The third-order valence-electron chi connectivity index (χ3n) is 11.3. The predicted octanol–water partition coefficient (Wildman–Crippen LogP) is 13.3. The van der Waals surface area contributed by atoms with Gasteiger partial charge in [-0.25, -0.2) is 15.0 Å². The number of thiophene rings is 1. The molecule has 0 saturated heterocycles. The van der Waals surface area contributed by atoms with E-state index in [1.807, 2.05) is 72.0 Å². The van der Waals surface area contributed by atoms with Gasteiger partial charge in [0.05, 0.1) is 5.41 Å². The zero-order chi connectivity index (χ0) is 37.1. The molecule has 0 spiro atoms. The predicted molar refractivity (Wildman–Crippen MR) is 232 cm³/mol. The van der Waals surface area contributed by atoms with Gasteiger partial charge in [0.2, 0.25) is 0 Å². The van der Waals surface area contributed by atoms with Crippen molar-refractivity contribution in [3.8, 4) is 56.4 Å². The fourth-order valence-electron chi connectivity index (χ4n) is 8.65. The van der Waals surface area contributed by atoms with Crippen molar-refractivity contribution in [1.82, 2.24) is 15.0 Å². The molecule has 0 aliphatic heterocycles. The lowest BCUT2D eigenvalue weighted by Crippen LogP contribution is -2.28. The summed E-state index contributed by atoms with van der Waals surface area (Å²) in [6.07, 6.45) is 0. The van der Waals surface area contributed by atoms with Gasteiger partial charge in [-0.2, -0.15) is 0 Å². The van der Waals surface area contributed by atoms with Gasteiger partial charge in [0, 0.05) is 36.9 Å². The highest BCUT2D eigenvalue weighted by Crippen LogP contribution is 2.56. The number of nitrogens with zero attached hydrogens (tertiary/aromatic N) is 3. The highest BCUT2D eigenvalue weighted by atomic mass is 32.1. The van der Waals surface area contributed by atoms with Crippen molar-refractivity contribution in [2.45, 2.75) is 5.41 Å². The average molecular weight is 732 g/mol. The SMILES string of the molecule is c1ccc(-c2nc(-c3ccccc3)nc(-c3ccc(-c4ccc(C5(c6ccc7c(c6)sc6ccccc67)c6ccccc6-c6ccccc65)cc4)cc3)n2)cc1. The second-order valence-corrected chi connectivity index (χ2v) is 15.4. The Hall–Kier alpha value is -7.01. The molecule has 262 valence electrons. The topological polar surface area (TPSA) is 38.7 Å². The molecule has 4 heteroatoms. The lowest BCUT2D eigenvalue weighted by atomic mass is 9.67. The molecular formula is C52H33N3S. The molecule has 0 amide bonds. The van der Waals surface area contributed by atoms with Crippen LogP contribution in [0.5, 0.6) is 0 Å². The standard InChI is InChI=1S/C52H33N3S/c1-3-13-36(14-4-1)49-53-50(37-15-5-2-6-16-37)55-51(54-49)38-25-23-34(24-26-38)35-27-29-39(30-28-35)52(45-20-10-7-17-41(45)42-18-8-11-21-46(42)52)40-31-32-44-43-19-9-12-22-47(43)56-48(44)33-40/h1-33H. The van der Waals surface area contributed by atoms with Crippen LogP contribution in [0.25, 0.3) is 76.6 Å². The smallest absolute Gasteiger partial charge is 0.164 e. The maximum Gasteiger partial charge on any atom is 0.164 e. The minimum atomic E-state index is -0.467. The third-order valence-corrected chi connectivity index (χ3v) is 12.4. The van der Waals surface area contributed by atoms with Gasteiger partial charge in [0.15, 0.2) is 17.5 Å². The summed E-state index contributed by atoms with van der Waals surface area (Å²) >= 11 is 1.88. The molecule has 0 bridgehead atoms. The van der Waals surface area contributed by atoms with Crippen molar-refractivity contribution in [3.05, 3.63) is 222 Å². The highest BCUT2D eigenvalue weighted by Gasteiger charge is 2.46. The molecule has 1 aliphatic carbocycles. The first-order chi connectivity index (χ1) is 27.7. The summed E-state index contributed by atoms with van der Waals surface area (Å²) in [6, 6.07) is 71.8. The number of hydrogen-bond donors (Lipinski definition) is 0. The number of benzene rings is 8. The Morgan fingerprint density at radius 1 is 0.321 bits per heavy atom. The van der Waals surface area contributed by atoms with Crippen LogP contribution in [0.3, 0.4) is 0 Å². The van der Waals surface area contributed by atoms with Gasteiger partial charge < -0.3 is 0 Å². The van der Waals surface area contributed by atoms with E-state index in [1.165, 1.54) is 53.6 Å². The monoisotopic (exact) mass is 731 g/mol. The fraction of sp³-hybridized carbons (Fsp3) is 0.0192. The van der Waals surface area contributed by atoms with Crippen molar-refractivity contribution >= 4 is 31.5 Å². The minimum absolute atomic E-state index is 0.467. The van der Waals surface area contributed by atoms with Gasteiger partial charge in [-0.15, -0.1) is 11.3 Å². The van der Waals surface area contributed by atoms with Gasteiger partial charge in [0.25, 0.3) is 0 Å². The van der Waals surface area contributed by atoms with Gasteiger partial charge in [-0.3, -0.25) is 0 Å².